The topological polar surface area (TPSA) is 38.3 Å². The van der Waals surface area contributed by atoms with Gasteiger partial charge in [0.25, 0.3) is 0 Å². The zero-order valence-corrected chi connectivity index (χ0v) is 12.2. The SMILES string of the molecule is O=C(Nc1cccc(Cl)c1)C(F)(F)C1(F)OC(F)(F)C(F)(F)C1(F)F. The number of benzene rings is 1. The normalized spacial score (nSPS) is 27.1. The van der Waals surface area contributed by atoms with Crippen LogP contribution in [0, 0.1) is 0 Å². The summed E-state index contributed by atoms with van der Waals surface area (Å²) in [6.45, 7) is 0. The number of carbonyl (C=O) groups excluding carboxylic acids is 1. The van der Waals surface area contributed by atoms with Gasteiger partial charge in [-0.25, -0.2) is 0 Å². The van der Waals surface area contributed by atoms with E-state index >= 15 is 0 Å². The van der Waals surface area contributed by atoms with Crippen LogP contribution in [0.1, 0.15) is 0 Å². The van der Waals surface area contributed by atoms with Crippen LogP contribution in [0.25, 0.3) is 0 Å². The van der Waals surface area contributed by atoms with Crippen LogP contribution in [-0.4, -0.2) is 35.6 Å². The molecule has 0 aliphatic carbocycles. The molecule has 140 valence electrons. The van der Waals surface area contributed by atoms with Gasteiger partial charge in [0, 0.05) is 10.7 Å². The third-order valence-electron chi connectivity index (χ3n) is 3.20. The zero-order valence-electron chi connectivity index (χ0n) is 11.4. The van der Waals surface area contributed by atoms with Gasteiger partial charge < -0.3 is 5.32 Å². The van der Waals surface area contributed by atoms with Gasteiger partial charge in [-0.15, -0.1) is 0 Å². The van der Waals surface area contributed by atoms with Crippen LogP contribution in [0.15, 0.2) is 24.3 Å². The highest BCUT2D eigenvalue weighted by Gasteiger charge is 2.96. The number of amides is 1. The summed E-state index contributed by atoms with van der Waals surface area (Å²) in [6, 6.07) is 4.03. The first-order valence-corrected chi connectivity index (χ1v) is 6.45. The number of nitrogens with one attached hydrogen (secondary N) is 1. The lowest BCUT2D eigenvalue weighted by Crippen LogP contribution is -2.63. The van der Waals surface area contributed by atoms with E-state index in [4.69, 9.17) is 11.6 Å². The quantitative estimate of drug-likeness (QED) is 0.759. The van der Waals surface area contributed by atoms with Gasteiger partial charge in [0.1, 0.15) is 0 Å². The fourth-order valence-electron chi connectivity index (χ4n) is 1.87. The molecule has 1 amide bonds. The van der Waals surface area contributed by atoms with Crippen LogP contribution in [0.4, 0.5) is 45.2 Å². The van der Waals surface area contributed by atoms with E-state index in [1.54, 1.807) is 0 Å². The standard InChI is InChI=1S/C12H5ClF9NO2/c13-5-2-1-3-6(4-5)23-7(24)8(14,15)11(20)9(16,17)10(18,19)12(21,22)25-11/h1-4H,(H,23,24). The number of rotatable bonds is 3. The predicted octanol–water partition coefficient (Wildman–Crippen LogP) is 4.47. The van der Waals surface area contributed by atoms with E-state index in [-0.39, 0.29) is 5.02 Å². The molecule has 1 heterocycles. The number of carbonyl (C=O) groups is 1. The lowest BCUT2D eigenvalue weighted by Gasteiger charge is -2.31. The Bertz CT molecular complexity index is 712. The molecule has 2 rings (SSSR count). The van der Waals surface area contributed by atoms with Crippen LogP contribution in [0.3, 0.4) is 0 Å². The average Bonchev–Trinajstić information content (AvgIpc) is 2.54. The largest absolute Gasteiger partial charge is 0.428 e. The highest BCUT2D eigenvalue weighted by molar-refractivity contribution is 6.30. The fourth-order valence-corrected chi connectivity index (χ4v) is 2.06. The zero-order chi connectivity index (χ0) is 19.5. The maximum Gasteiger partial charge on any atom is 0.428 e. The van der Waals surface area contributed by atoms with E-state index in [0.29, 0.717) is 0 Å². The summed E-state index contributed by atoms with van der Waals surface area (Å²) in [6.07, 6.45) is -6.29. The van der Waals surface area contributed by atoms with E-state index in [2.05, 4.69) is 4.74 Å². The summed E-state index contributed by atoms with van der Waals surface area (Å²) >= 11 is 5.46. The molecule has 0 radical (unpaired) electrons. The van der Waals surface area contributed by atoms with Crippen molar-refractivity contribution in [2.24, 2.45) is 0 Å². The Labute approximate surface area is 137 Å². The van der Waals surface area contributed by atoms with E-state index in [1.807, 2.05) is 0 Å². The lowest BCUT2D eigenvalue weighted by molar-refractivity contribution is -0.366. The van der Waals surface area contributed by atoms with Crippen molar-refractivity contribution >= 4 is 23.2 Å². The molecule has 1 atom stereocenters. The number of ether oxygens (including phenoxy) is 1. The van der Waals surface area contributed by atoms with Gasteiger partial charge in [0.2, 0.25) is 0 Å². The van der Waals surface area contributed by atoms with Gasteiger partial charge in [0.15, 0.2) is 0 Å². The second kappa shape index (κ2) is 5.40. The Morgan fingerprint density at radius 3 is 2.04 bits per heavy atom. The Hall–Kier alpha value is -1.69. The third-order valence-corrected chi connectivity index (χ3v) is 3.44. The van der Waals surface area contributed by atoms with Crippen molar-refractivity contribution < 1.29 is 49.0 Å². The van der Waals surface area contributed by atoms with Gasteiger partial charge in [-0.3, -0.25) is 9.53 Å². The van der Waals surface area contributed by atoms with Gasteiger partial charge in [-0.05, 0) is 18.2 Å². The summed E-state index contributed by atoms with van der Waals surface area (Å²) in [4.78, 5) is 11.4. The first kappa shape index (κ1) is 19.6. The number of anilines is 1. The van der Waals surface area contributed by atoms with Gasteiger partial charge in [-0.1, -0.05) is 17.7 Å². The Morgan fingerprint density at radius 2 is 1.60 bits per heavy atom. The lowest BCUT2D eigenvalue weighted by atomic mass is 9.99. The summed E-state index contributed by atoms with van der Waals surface area (Å²) < 4.78 is 122. The van der Waals surface area contributed by atoms with Crippen molar-refractivity contribution in [3.8, 4) is 0 Å². The molecule has 1 aromatic carbocycles. The van der Waals surface area contributed by atoms with Crippen molar-refractivity contribution in [1.29, 1.82) is 0 Å². The molecule has 0 aromatic heterocycles. The molecule has 13 heteroatoms. The van der Waals surface area contributed by atoms with E-state index < -0.39 is 41.3 Å². The van der Waals surface area contributed by atoms with Crippen molar-refractivity contribution in [2.45, 2.75) is 29.7 Å². The van der Waals surface area contributed by atoms with Crippen LogP contribution < -0.4 is 5.32 Å². The molecule has 1 aromatic rings. The molecule has 0 bridgehead atoms. The smallest absolute Gasteiger partial charge is 0.321 e. The Balaban J connectivity index is 2.42. The highest BCUT2D eigenvalue weighted by atomic mass is 35.5. The molecule has 0 spiro atoms. The molecule has 1 unspecified atom stereocenters. The molecular weight excluding hydrogens is 397 g/mol. The van der Waals surface area contributed by atoms with Crippen LogP contribution >= 0.6 is 11.6 Å². The second-order valence-electron chi connectivity index (χ2n) is 4.90. The summed E-state index contributed by atoms with van der Waals surface area (Å²) in [7, 11) is 0. The minimum atomic E-state index is -6.72. The minimum absolute atomic E-state index is 0.128. The maximum absolute atomic E-state index is 13.9. The summed E-state index contributed by atoms with van der Waals surface area (Å²) in [5, 5.41) is 1.07. The van der Waals surface area contributed by atoms with Crippen molar-refractivity contribution in [2.75, 3.05) is 5.32 Å². The fraction of sp³-hybridized carbons (Fsp3) is 0.417. The second-order valence-corrected chi connectivity index (χ2v) is 5.34. The average molecular weight is 402 g/mol. The Morgan fingerprint density at radius 1 is 1.04 bits per heavy atom. The monoisotopic (exact) mass is 401 g/mol. The van der Waals surface area contributed by atoms with Crippen molar-refractivity contribution in [3.05, 3.63) is 29.3 Å². The van der Waals surface area contributed by atoms with Crippen LogP contribution in [-0.2, 0) is 9.53 Å². The van der Waals surface area contributed by atoms with Crippen LogP contribution in [0.2, 0.25) is 5.02 Å². The first-order valence-electron chi connectivity index (χ1n) is 6.07. The van der Waals surface area contributed by atoms with Crippen molar-refractivity contribution in [3.63, 3.8) is 0 Å². The summed E-state index contributed by atoms with van der Waals surface area (Å²) in [5.74, 6) is -28.7. The molecule has 1 saturated heterocycles. The number of alkyl halides is 9. The molecule has 1 fully saturated rings. The van der Waals surface area contributed by atoms with Crippen molar-refractivity contribution in [1.82, 2.24) is 0 Å². The van der Waals surface area contributed by atoms with Gasteiger partial charge in [-0.2, -0.15) is 39.5 Å². The van der Waals surface area contributed by atoms with Gasteiger partial charge >= 0.3 is 35.6 Å². The third kappa shape index (κ3) is 2.53. The maximum atomic E-state index is 13.9. The van der Waals surface area contributed by atoms with Crippen LogP contribution in [0.5, 0.6) is 0 Å². The predicted molar refractivity (Wildman–Crippen MR) is 64.8 cm³/mol. The van der Waals surface area contributed by atoms with E-state index in [0.717, 1.165) is 18.2 Å². The number of halogens is 10. The minimum Gasteiger partial charge on any atom is -0.321 e. The van der Waals surface area contributed by atoms with E-state index in [1.165, 1.54) is 11.4 Å². The first-order chi connectivity index (χ1) is 11.1. The Kier molecular flexibility index (Phi) is 4.24. The highest BCUT2D eigenvalue weighted by Crippen LogP contribution is 2.64. The molecule has 1 aliphatic rings. The molecule has 0 saturated carbocycles. The van der Waals surface area contributed by atoms with E-state index in [9.17, 15) is 44.3 Å². The molecule has 3 nitrogen and oxygen atoms in total. The molecule has 1 N–H and O–H groups in total. The number of hydrogen-bond acceptors (Lipinski definition) is 2. The van der Waals surface area contributed by atoms with Gasteiger partial charge in [0.05, 0.1) is 0 Å². The number of hydrogen-bond donors (Lipinski definition) is 1. The molecule has 25 heavy (non-hydrogen) atoms. The molecule has 1 aliphatic heterocycles. The molecular formula is C12H5ClF9NO2. The summed E-state index contributed by atoms with van der Waals surface area (Å²) in [5.41, 5.74) is -0.569.